The summed E-state index contributed by atoms with van der Waals surface area (Å²) in [7, 11) is 0. The number of rotatable bonds is 4. The highest BCUT2D eigenvalue weighted by Gasteiger charge is 2.30. The summed E-state index contributed by atoms with van der Waals surface area (Å²) in [6.07, 6.45) is 5.34. The van der Waals surface area contributed by atoms with E-state index in [9.17, 15) is 0 Å². The fraction of sp³-hybridized carbons (Fsp3) is 0.667. The third kappa shape index (κ3) is 3.18. The van der Waals surface area contributed by atoms with Gasteiger partial charge in [-0.25, -0.2) is 0 Å². The number of benzene rings is 1. The Morgan fingerprint density at radius 1 is 1.24 bits per heavy atom. The Balaban J connectivity index is 1.90. The molecule has 0 saturated heterocycles. The lowest BCUT2D eigenvalue weighted by Gasteiger charge is -2.35. The van der Waals surface area contributed by atoms with Gasteiger partial charge in [-0.1, -0.05) is 38.8 Å². The van der Waals surface area contributed by atoms with Crippen molar-refractivity contribution in [3.05, 3.63) is 23.8 Å². The van der Waals surface area contributed by atoms with Crippen LogP contribution in [0.1, 0.15) is 51.1 Å². The third-order valence-electron chi connectivity index (χ3n) is 4.80. The van der Waals surface area contributed by atoms with Gasteiger partial charge in [-0.2, -0.15) is 0 Å². The van der Waals surface area contributed by atoms with Crippen molar-refractivity contribution in [3.63, 3.8) is 0 Å². The van der Waals surface area contributed by atoms with Crippen LogP contribution in [-0.2, 0) is 0 Å². The monoisotopic (exact) mass is 289 g/mol. The molecule has 1 fully saturated rings. The topological polar surface area (TPSA) is 30.5 Å². The Morgan fingerprint density at radius 2 is 2.10 bits per heavy atom. The number of hydrogen-bond donors (Lipinski definition) is 1. The standard InChI is InChI=1S/C18H27NO2/c1-3-19-17(14-7-4-6-13(2)12-14)15-8-5-9-16-18(15)21-11-10-20-16/h5,8-9,13-14,17,19H,3-4,6-7,10-12H2,1-2H3. The van der Waals surface area contributed by atoms with Crippen LogP contribution in [0.2, 0.25) is 0 Å². The second-order valence-corrected chi connectivity index (χ2v) is 6.44. The highest BCUT2D eigenvalue weighted by molar-refractivity contribution is 5.49. The molecule has 1 N–H and O–H groups in total. The fourth-order valence-corrected chi connectivity index (χ4v) is 3.88. The van der Waals surface area contributed by atoms with E-state index in [4.69, 9.17) is 9.47 Å². The van der Waals surface area contributed by atoms with Crippen molar-refractivity contribution in [2.45, 2.75) is 45.6 Å². The number of nitrogens with one attached hydrogen (secondary N) is 1. The summed E-state index contributed by atoms with van der Waals surface area (Å²) in [6.45, 7) is 6.87. The van der Waals surface area contributed by atoms with Crippen LogP contribution in [0.4, 0.5) is 0 Å². The summed E-state index contributed by atoms with van der Waals surface area (Å²) in [5.74, 6) is 3.41. The summed E-state index contributed by atoms with van der Waals surface area (Å²) >= 11 is 0. The smallest absolute Gasteiger partial charge is 0.166 e. The van der Waals surface area contributed by atoms with E-state index in [1.54, 1.807) is 0 Å². The van der Waals surface area contributed by atoms with E-state index < -0.39 is 0 Å². The molecule has 0 radical (unpaired) electrons. The molecule has 0 aromatic heterocycles. The van der Waals surface area contributed by atoms with Crippen molar-refractivity contribution in [2.75, 3.05) is 19.8 Å². The van der Waals surface area contributed by atoms with Crippen LogP contribution in [0.25, 0.3) is 0 Å². The maximum absolute atomic E-state index is 5.93. The van der Waals surface area contributed by atoms with Crippen LogP contribution in [0.15, 0.2) is 18.2 Å². The number of hydrogen-bond acceptors (Lipinski definition) is 3. The van der Waals surface area contributed by atoms with E-state index >= 15 is 0 Å². The van der Waals surface area contributed by atoms with Crippen molar-refractivity contribution in [2.24, 2.45) is 11.8 Å². The zero-order valence-electron chi connectivity index (χ0n) is 13.2. The van der Waals surface area contributed by atoms with Gasteiger partial charge in [0.15, 0.2) is 11.5 Å². The van der Waals surface area contributed by atoms with E-state index in [1.807, 2.05) is 6.07 Å². The van der Waals surface area contributed by atoms with Gasteiger partial charge in [0.2, 0.25) is 0 Å². The number of ether oxygens (including phenoxy) is 2. The molecule has 1 aliphatic heterocycles. The number of para-hydroxylation sites is 1. The minimum absolute atomic E-state index is 0.384. The molecule has 3 rings (SSSR count). The summed E-state index contributed by atoms with van der Waals surface area (Å²) in [5, 5.41) is 3.70. The molecule has 3 atom stereocenters. The molecule has 2 aliphatic rings. The summed E-state index contributed by atoms with van der Waals surface area (Å²) in [6, 6.07) is 6.71. The Hall–Kier alpha value is -1.22. The normalized spacial score (nSPS) is 26.4. The molecule has 3 heteroatoms. The van der Waals surface area contributed by atoms with Crippen molar-refractivity contribution in [3.8, 4) is 11.5 Å². The van der Waals surface area contributed by atoms with Gasteiger partial charge in [0.25, 0.3) is 0 Å². The molecule has 3 nitrogen and oxygen atoms in total. The molecule has 1 aromatic carbocycles. The largest absolute Gasteiger partial charge is 0.486 e. The SMILES string of the molecule is CCNC(c1cccc2c1OCCO2)C1CCCC(C)C1. The fourth-order valence-electron chi connectivity index (χ4n) is 3.88. The van der Waals surface area contributed by atoms with Crippen LogP contribution in [0.3, 0.4) is 0 Å². The number of fused-ring (bicyclic) bond motifs is 1. The van der Waals surface area contributed by atoms with Crippen LogP contribution < -0.4 is 14.8 Å². The Morgan fingerprint density at radius 3 is 2.90 bits per heavy atom. The molecular weight excluding hydrogens is 262 g/mol. The van der Waals surface area contributed by atoms with Gasteiger partial charge in [0, 0.05) is 11.6 Å². The molecule has 0 spiro atoms. The van der Waals surface area contributed by atoms with E-state index in [0.29, 0.717) is 25.2 Å². The third-order valence-corrected chi connectivity index (χ3v) is 4.80. The van der Waals surface area contributed by atoms with Gasteiger partial charge in [0.1, 0.15) is 13.2 Å². The summed E-state index contributed by atoms with van der Waals surface area (Å²) < 4.78 is 11.7. The van der Waals surface area contributed by atoms with E-state index in [-0.39, 0.29) is 0 Å². The maximum Gasteiger partial charge on any atom is 0.166 e. The molecule has 3 unspecified atom stereocenters. The first-order chi connectivity index (χ1) is 10.3. The van der Waals surface area contributed by atoms with E-state index in [0.717, 1.165) is 24.0 Å². The molecule has 1 aliphatic carbocycles. The zero-order valence-corrected chi connectivity index (χ0v) is 13.2. The minimum atomic E-state index is 0.384. The Bertz CT molecular complexity index is 474. The molecule has 21 heavy (non-hydrogen) atoms. The Kier molecular flexibility index (Phi) is 4.69. The van der Waals surface area contributed by atoms with Crippen LogP contribution >= 0.6 is 0 Å². The molecule has 1 saturated carbocycles. The lowest BCUT2D eigenvalue weighted by Crippen LogP contribution is -2.32. The van der Waals surface area contributed by atoms with Crippen molar-refractivity contribution < 1.29 is 9.47 Å². The maximum atomic E-state index is 5.93. The Labute approximate surface area is 128 Å². The first-order valence-electron chi connectivity index (χ1n) is 8.41. The van der Waals surface area contributed by atoms with Crippen LogP contribution in [-0.4, -0.2) is 19.8 Å². The van der Waals surface area contributed by atoms with Crippen molar-refractivity contribution in [1.82, 2.24) is 5.32 Å². The molecule has 116 valence electrons. The molecule has 1 aromatic rings. The first kappa shape index (κ1) is 14.7. The lowest BCUT2D eigenvalue weighted by molar-refractivity contribution is 0.163. The van der Waals surface area contributed by atoms with Crippen LogP contribution in [0, 0.1) is 11.8 Å². The first-order valence-corrected chi connectivity index (χ1v) is 8.41. The molecule has 0 bridgehead atoms. The second-order valence-electron chi connectivity index (χ2n) is 6.44. The average Bonchev–Trinajstić information content (AvgIpc) is 2.52. The predicted molar refractivity (Wildman–Crippen MR) is 85.0 cm³/mol. The average molecular weight is 289 g/mol. The predicted octanol–water partition coefficient (Wildman–Crippen LogP) is 3.93. The van der Waals surface area contributed by atoms with Gasteiger partial charge in [-0.3, -0.25) is 0 Å². The molecule has 0 amide bonds. The van der Waals surface area contributed by atoms with Crippen molar-refractivity contribution >= 4 is 0 Å². The molecular formula is C18H27NO2. The zero-order chi connectivity index (χ0) is 14.7. The molecule has 1 heterocycles. The van der Waals surface area contributed by atoms with Gasteiger partial charge >= 0.3 is 0 Å². The van der Waals surface area contributed by atoms with Gasteiger partial charge < -0.3 is 14.8 Å². The highest BCUT2D eigenvalue weighted by atomic mass is 16.6. The van der Waals surface area contributed by atoms with Gasteiger partial charge in [-0.05, 0) is 37.3 Å². The quantitative estimate of drug-likeness (QED) is 0.911. The van der Waals surface area contributed by atoms with Crippen LogP contribution in [0.5, 0.6) is 11.5 Å². The summed E-state index contributed by atoms with van der Waals surface area (Å²) in [4.78, 5) is 0. The van der Waals surface area contributed by atoms with Gasteiger partial charge in [0.05, 0.1) is 0 Å². The van der Waals surface area contributed by atoms with Crippen molar-refractivity contribution in [1.29, 1.82) is 0 Å². The minimum Gasteiger partial charge on any atom is -0.486 e. The second kappa shape index (κ2) is 6.69. The summed E-state index contributed by atoms with van der Waals surface area (Å²) in [5.41, 5.74) is 1.29. The highest BCUT2D eigenvalue weighted by Crippen LogP contribution is 2.43. The van der Waals surface area contributed by atoms with E-state index in [1.165, 1.54) is 31.2 Å². The lowest BCUT2D eigenvalue weighted by atomic mass is 9.76. The van der Waals surface area contributed by atoms with Gasteiger partial charge in [-0.15, -0.1) is 0 Å². The van der Waals surface area contributed by atoms with E-state index in [2.05, 4.69) is 31.3 Å².